The molecule has 0 aliphatic heterocycles. The molecule has 1 aliphatic rings. The maximum atomic E-state index is 11.8. The second-order valence-corrected chi connectivity index (χ2v) is 7.23. The van der Waals surface area contributed by atoms with Crippen LogP contribution in [0, 0.1) is 11.8 Å². The number of aliphatic hydroxyl groups is 1. The summed E-state index contributed by atoms with van der Waals surface area (Å²) in [5.41, 5.74) is -0.554. The van der Waals surface area contributed by atoms with Gasteiger partial charge in [0.15, 0.2) is 0 Å². The summed E-state index contributed by atoms with van der Waals surface area (Å²) in [6.07, 6.45) is 3.65. The van der Waals surface area contributed by atoms with Crippen LogP contribution in [-0.4, -0.2) is 42.0 Å². The van der Waals surface area contributed by atoms with E-state index >= 15 is 0 Å². The highest BCUT2D eigenvalue weighted by atomic mass is 16.6. The summed E-state index contributed by atoms with van der Waals surface area (Å²) in [5.74, 6) is 0.293. The second-order valence-electron chi connectivity index (χ2n) is 7.23. The quantitative estimate of drug-likeness (QED) is 0.732. The zero-order valence-corrected chi connectivity index (χ0v) is 14.8. The Labute approximate surface area is 138 Å². The zero-order chi connectivity index (χ0) is 17.5. The van der Waals surface area contributed by atoms with E-state index in [2.05, 4.69) is 5.32 Å². The number of esters is 1. The van der Waals surface area contributed by atoms with Crippen LogP contribution < -0.4 is 5.32 Å². The van der Waals surface area contributed by atoms with Crippen molar-refractivity contribution in [3.05, 3.63) is 0 Å². The Balaban J connectivity index is 2.37. The van der Waals surface area contributed by atoms with Crippen molar-refractivity contribution in [1.29, 1.82) is 0 Å². The Morgan fingerprint density at radius 2 is 1.83 bits per heavy atom. The van der Waals surface area contributed by atoms with Crippen LogP contribution in [0.15, 0.2) is 0 Å². The Bertz CT molecular complexity index is 383. The fourth-order valence-corrected chi connectivity index (χ4v) is 2.95. The molecule has 6 heteroatoms. The highest BCUT2D eigenvalue weighted by Crippen LogP contribution is 2.32. The lowest BCUT2D eigenvalue weighted by atomic mass is 9.79. The minimum Gasteiger partial charge on any atom is -0.466 e. The van der Waals surface area contributed by atoms with Crippen molar-refractivity contribution < 1.29 is 24.2 Å². The van der Waals surface area contributed by atoms with Crippen LogP contribution in [0.1, 0.15) is 59.8 Å². The molecule has 0 heterocycles. The average Bonchev–Trinajstić information content (AvgIpc) is 2.45. The molecule has 0 bridgehead atoms. The number of amides is 1. The predicted molar refractivity (Wildman–Crippen MR) is 86.9 cm³/mol. The molecule has 0 radical (unpaired) electrons. The van der Waals surface area contributed by atoms with Gasteiger partial charge in [-0.3, -0.25) is 4.79 Å². The average molecular weight is 329 g/mol. The van der Waals surface area contributed by atoms with Gasteiger partial charge in [0.05, 0.1) is 25.2 Å². The fourth-order valence-electron chi connectivity index (χ4n) is 2.95. The summed E-state index contributed by atoms with van der Waals surface area (Å²) in [6, 6.07) is -0.311. The fraction of sp³-hybridized carbons (Fsp3) is 0.882. The summed E-state index contributed by atoms with van der Waals surface area (Å²) in [6.45, 7) is 7.53. The van der Waals surface area contributed by atoms with Gasteiger partial charge in [0.25, 0.3) is 0 Å². The largest absolute Gasteiger partial charge is 0.466 e. The Kier molecular flexibility index (Phi) is 7.82. The van der Waals surface area contributed by atoms with Crippen LogP contribution in [-0.2, 0) is 14.3 Å². The maximum Gasteiger partial charge on any atom is 0.407 e. The Morgan fingerprint density at radius 3 is 2.30 bits per heavy atom. The van der Waals surface area contributed by atoms with Gasteiger partial charge in [-0.15, -0.1) is 0 Å². The molecular formula is C17H31NO5. The van der Waals surface area contributed by atoms with Crippen LogP contribution in [0.25, 0.3) is 0 Å². The molecule has 0 aromatic carbocycles. The number of hydrogen-bond donors (Lipinski definition) is 2. The minimum atomic E-state index is -0.554. The van der Waals surface area contributed by atoms with Crippen LogP contribution >= 0.6 is 0 Å². The molecular weight excluding hydrogens is 298 g/mol. The lowest BCUT2D eigenvalue weighted by Gasteiger charge is -2.30. The van der Waals surface area contributed by atoms with E-state index in [-0.39, 0.29) is 24.5 Å². The van der Waals surface area contributed by atoms with Crippen LogP contribution in [0.2, 0.25) is 0 Å². The third-order valence-electron chi connectivity index (χ3n) is 4.03. The highest BCUT2D eigenvalue weighted by Gasteiger charge is 2.29. The van der Waals surface area contributed by atoms with Gasteiger partial charge in [-0.1, -0.05) is 0 Å². The minimum absolute atomic E-state index is 0.00223. The van der Waals surface area contributed by atoms with Crippen molar-refractivity contribution in [2.75, 3.05) is 13.2 Å². The van der Waals surface area contributed by atoms with Gasteiger partial charge in [0.1, 0.15) is 5.60 Å². The lowest BCUT2D eigenvalue weighted by molar-refractivity contribution is -0.149. The third kappa shape index (κ3) is 7.68. The van der Waals surface area contributed by atoms with Gasteiger partial charge in [0, 0.05) is 0 Å². The second kappa shape index (κ2) is 9.11. The number of carbonyl (C=O) groups excluding carboxylic acids is 2. The van der Waals surface area contributed by atoms with Crippen molar-refractivity contribution in [1.82, 2.24) is 5.32 Å². The number of aliphatic hydroxyl groups excluding tert-OH is 1. The molecule has 0 saturated heterocycles. The van der Waals surface area contributed by atoms with Crippen molar-refractivity contribution in [3.63, 3.8) is 0 Å². The molecule has 1 amide bonds. The van der Waals surface area contributed by atoms with Crippen molar-refractivity contribution >= 4 is 12.1 Å². The number of hydrogen-bond acceptors (Lipinski definition) is 5. The molecule has 23 heavy (non-hydrogen) atoms. The molecule has 2 N–H and O–H groups in total. The first-order valence-corrected chi connectivity index (χ1v) is 8.52. The Morgan fingerprint density at radius 1 is 1.22 bits per heavy atom. The zero-order valence-electron chi connectivity index (χ0n) is 14.8. The van der Waals surface area contributed by atoms with Crippen molar-refractivity contribution in [3.8, 4) is 0 Å². The van der Waals surface area contributed by atoms with Gasteiger partial charge < -0.3 is 19.9 Å². The third-order valence-corrected chi connectivity index (χ3v) is 4.03. The van der Waals surface area contributed by atoms with E-state index < -0.39 is 11.7 Å². The van der Waals surface area contributed by atoms with Crippen LogP contribution in [0.5, 0.6) is 0 Å². The van der Waals surface area contributed by atoms with E-state index in [0.717, 1.165) is 25.7 Å². The normalized spacial score (nSPS) is 23.0. The van der Waals surface area contributed by atoms with E-state index in [1.54, 1.807) is 20.8 Å². The molecule has 1 fully saturated rings. The molecule has 0 aromatic rings. The van der Waals surface area contributed by atoms with Gasteiger partial charge in [-0.2, -0.15) is 0 Å². The number of ether oxygens (including phenoxy) is 2. The number of carbonyl (C=O) groups is 2. The predicted octanol–water partition coefficient (Wildman–Crippen LogP) is 2.63. The molecule has 1 unspecified atom stereocenters. The van der Waals surface area contributed by atoms with Crippen molar-refractivity contribution in [2.45, 2.75) is 71.4 Å². The lowest BCUT2D eigenvalue weighted by Crippen LogP contribution is -2.42. The number of alkyl carbamates (subject to hydrolysis) is 1. The maximum absolute atomic E-state index is 11.8. The smallest absolute Gasteiger partial charge is 0.407 e. The van der Waals surface area contributed by atoms with Gasteiger partial charge in [-0.05, 0) is 65.7 Å². The standard InChI is InChI=1S/C17H31NO5/c1-5-22-15(20)13-8-6-12(7-9-13)10-14(11-19)18-16(21)23-17(2,3)4/h12-14,19H,5-11H2,1-4H3,(H,18,21). The van der Waals surface area contributed by atoms with Gasteiger partial charge in [-0.25, -0.2) is 4.79 Å². The highest BCUT2D eigenvalue weighted by molar-refractivity contribution is 5.72. The summed E-state index contributed by atoms with van der Waals surface area (Å²) in [4.78, 5) is 23.5. The molecule has 134 valence electrons. The summed E-state index contributed by atoms with van der Waals surface area (Å²) < 4.78 is 10.3. The van der Waals surface area contributed by atoms with Gasteiger partial charge >= 0.3 is 12.1 Å². The number of nitrogens with one attached hydrogen (secondary N) is 1. The first-order valence-electron chi connectivity index (χ1n) is 8.52. The molecule has 1 aliphatic carbocycles. The summed E-state index contributed by atoms with van der Waals surface area (Å²) in [7, 11) is 0. The Hall–Kier alpha value is -1.30. The van der Waals surface area contributed by atoms with E-state index in [1.165, 1.54) is 0 Å². The first-order chi connectivity index (χ1) is 10.7. The van der Waals surface area contributed by atoms with E-state index in [9.17, 15) is 14.7 Å². The molecule has 1 atom stereocenters. The van der Waals surface area contributed by atoms with Gasteiger partial charge in [0.2, 0.25) is 0 Å². The van der Waals surface area contributed by atoms with E-state index in [0.29, 0.717) is 18.9 Å². The molecule has 0 spiro atoms. The van der Waals surface area contributed by atoms with E-state index in [4.69, 9.17) is 9.47 Å². The SMILES string of the molecule is CCOC(=O)C1CCC(CC(CO)NC(=O)OC(C)(C)C)CC1. The van der Waals surface area contributed by atoms with Crippen LogP contribution in [0.4, 0.5) is 4.79 Å². The topological polar surface area (TPSA) is 84.9 Å². The molecule has 0 aromatic heterocycles. The molecule has 1 saturated carbocycles. The molecule has 1 rings (SSSR count). The van der Waals surface area contributed by atoms with Crippen molar-refractivity contribution in [2.24, 2.45) is 11.8 Å². The van der Waals surface area contributed by atoms with E-state index in [1.807, 2.05) is 6.92 Å². The number of rotatable bonds is 6. The summed E-state index contributed by atoms with van der Waals surface area (Å²) >= 11 is 0. The molecule has 6 nitrogen and oxygen atoms in total. The monoisotopic (exact) mass is 329 g/mol. The van der Waals surface area contributed by atoms with Crippen LogP contribution in [0.3, 0.4) is 0 Å². The summed E-state index contributed by atoms with van der Waals surface area (Å²) in [5, 5.41) is 12.2. The first kappa shape index (κ1) is 19.7.